The summed E-state index contributed by atoms with van der Waals surface area (Å²) in [7, 11) is 0. The molecule has 1 atom stereocenters. The van der Waals surface area contributed by atoms with Crippen LogP contribution in [0.25, 0.3) is 0 Å². The lowest BCUT2D eigenvalue weighted by Crippen LogP contribution is -2.39. The van der Waals surface area contributed by atoms with E-state index >= 15 is 0 Å². The highest BCUT2D eigenvalue weighted by Gasteiger charge is 2.26. The lowest BCUT2D eigenvalue weighted by Gasteiger charge is -2.27. The highest BCUT2D eigenvalue weighted by molar-refractivity contribution is 7.09. The molecule has 0 amide bonds. The van der Waals surface area contributed by atoms with Crippen molar-refractivity contribution >= 4 is 11.3 Å². The topological polar surface area (TPSA) is 45.1 Å². The van der Waals surface area contributed by atoms with Crippen molar-refractivity contribution in [3.05, 3.63) is 16.1 Å². The monoisotopic (exact) mass is 228 g/mol. The molecule has 15 heavy (non-hydrogen) atoms. The number of aromatic nitrogens is 1. The summed E-state index contributed by atoms with van der Waals surface area (Å²) in [6.07, 6.45) is 1.80. The number of hydrogen-bond acceptors (Lipinski definition) is 4. The predicted octanol–water partition coefficient (Wildman–Crippen LogP) is 2.05. The molecular formula is C11H20N2OS. The van der Waals surface area contributed by atoms with Crippen LogP contribution in [0.3, 0.4) is 0 Å². The number of aryl methyl sites for hydroxylation is 1. The van der Waals surface area contributed by atoms with Gasteiger partial charge in [0.15, 0.2) is 0 Å². The van der Waals surface area contributed by atoms with Crippen LogP contribution in [0.2, 0.25) is 0 Å². The molecule has 0 aliphatic rings. The van der Waals surface area contributed by atoms with E-state index in [1.807, 2.05) is 6.92 Å². The van der Waals surface area contributed by atoms with Crippen molar-refractivity contribution in [3.63, 3.8) is 0 Å². The van der Waals surface area contributed by atoms with E-state index in [9.17, 15) is 0 Å². The minimum atomic E-state index is -0.0475. The van der Waals surface area contributed by atoms with Gasteiger partial charge in [-0.1, -0.05) is 6.92 Å². The molecule has 3 nitrogen and oxygen atoms in total. The Morgan fingerprint density at radius 2 is 2.33 bits per heavy atom. The van der Waals surface area contributed by atoms with Crippen LogP contribution in [0.1, 0.15) is 37.4 Å². The second-order valence-electron chi connectivity index (χ2n) is 3.98. The first-order valence-electron chi connectivity index (χ1n) is 5.41. The van der Waals surface area contributed by atoms with Crippen LogP contribution in [0.15, 0.2) is 5.38 Å². The molecule has 0 saturated heterocycles. The first-order valence-corrected chi connectivity index (χ1v) is 6.29. The van der Waals surface area contributed by atoms with Gasteiger partial charge in [-0.25, -0.2) is 4.98 Å². The lowest BCUT2D eigenvalue weighted by atomic mass is 10.00. The van der Waals surface area contributed by atoms with Crippen LogP contribution >= 0.6 is 11.3 Å². The molecule has 0 saturated carbocycles. The Morgan fingerprint density at radius 1 is 1.60 bits per heavy atom. The van der Waals surface area contributed by atoms with Crippen LogP contribution in [-0.4, -0.2) is 23.2 Å². The first kappa shape index (κ1) is 12.6. The molecule has 4 heteroatoms. The molecule has 0 spiro atoms. The zero-order valence-electron chi connectivity index (χ0n) is 9.71. The maximum Gasteiger partial charge on any atom is 0.113 e. The first-order chi connectivity index (χ1) is 7.12. The molecule has 0 bridgehead atoms. The highest BCUT2D eigenvalue weighted by Crippen LogP contribution is 2.27. The standard InChI is InChI=1S/C11H20N2OS/c1-4-11(3,12-6-5-7-14)10-13-9(2)8-15-10/h8,12,14H,4-7H2,1-3H3/t11-/m1/s1. The van der Waals surface area contributed by atoms with E-state index in [0.717, 1.165) is 30.1 Å². The number of nitrogens with zero attached hydrogens (tertiary/aromatic N) is 1. The predicted molar refractivity (Wildman–Crippen MR) is 64.2 cm³/mol. The minimum absolute atomic E-state index is 0.0475. The number of hydrogen-bond donors (Lipinski definition) is 2. The van der Waals surface area contributed by atoms with E-state index in [-0.39, 0.29) is 12.1 Å². The Balaban J connectivity index is 2.67. The normalized spacial score (nSPS) is 15.2. The van der Waals surface area contributed by atoms with Gasteiger partial charge in [0.05, 0.1) is 5.54 Å². The van der Waals surface area contributed by atoms with E-state index in [1.165, 1.54) is 0 Å². The fourth-order valence-electron chi connectivity index (χ4n) is 1.40. The van der Waals surface area contributed by atoms with Crippen LogP contribution < -0.4 is 5.32 Å². The number of thiazole rings is 1. The molecule has 0 unspecified atom stereocenters. The van der Waals surface area contributed by atoms with Gasteiger partial charge in [0.25, 0.3) is 0 Å². The zero-order valence-corrected chi connectivity index (χ0v) is 10.5. The van der Waals surface area contributed by atoms with Gasteiger partial charge in [-0.15, -0.1) is 11.3 Å². The molecule has 1 aromatic heterocycles. The maximum absolute atomic E-state index is 8.76. The second kappa shape index (κ2) is 5.58. The SMILES string of the molecule is CC[C@@](C)(NCCCO)c1nc(C)cs1. The quantitative estimate of drug-likeness (QED) is 0.732. The van der Waals surface area contributed by atoms with Gasteiger partial charge in [-0.2, -0.15) is 0 Å². The Hall–Kier alpha value is -0.450. The Kier molecular flexibility index (Phi) is 4.70. The Bertz CT molecular complexity index is 301. The van der Waals surface area contributed by atoms with E-state index in [0.29, 0.717) is 0 Å². The van der Waals surface area contributed by atoms with E-state index in [1.54, 1.807) is 11.3 Å². The third-order valence-corrected chi connectivity index (χ3v) is 3.87. The summed E-state index contributed by atoms with van der Waals surface area (Å²) in [6, 6.07) is 0. The largest absolute Gasteiger partial charge is 0.396 e. The number of rotatable bonds is 6. The summed E-state index contributed by atoms with van der Waals surface area (Å²) < 4.78 is 0. The summed E-state index contributed by atoms with van der Waals surface area (Å²) in [5.41, 5.74) is 1.03. The van der Waals surface area contributed by atoms with Crippen molar-refractivity contribution in [2.45, 2.75) is 39.2 Å². The number of aliphatic hydroxyl groups excluding tert-OH is 1. The number of aliphatic hydroxyl groups is 1. The molecule has 1 rings (SSSR count). The molecule has 1 heterocycles. The molecule has 0 fully saturated rings. The summed E-state index contributed by atoms with van der Waals surface area (Å²) >= 11 is 1.70. The van der Waals surface area contributed by atoms with Gasteiger partial charge in [-0.05, 0) is 33.2 Å². The Morgan fingerprint density at radius 3 is 2.80 bits per heavy atom. The number of nitrogens with one attached hydrogen (secondary N) is 1. The zero-order chi connectivity index (χ0) is 11.3. The molecule has 1 aromatic rings. The lowest BCUT2D eigenvalue weighted by molar-refractivity contribution is 0.269. The second-order valence-corrected chi connectivity index (χ2v) is 4.84. The fourth-order valence-corrected chi connectivity index (χ4v) is 2.41. The van der Waals surface area contributed by atoms with Crippen LogP contribution in [0.4, 0.5) is 0 Å². The van der Waals surface area contributed by atoms with Gasteiger partial charge in [0, 0.05) is 17.7 Å². The van der Waals surface area contributed by atoms with Crippen LogP contribution in [0.5, 0.6) is 0 Å². The average Bonchev–Trinajstić information content (AvgIpc) is 2.65. The third kappa shape index (κ3) is 3.26. The van der Waals surface area contributed by atoms with Gasteiger partial charge in [0.2, 0.25) is 0 Å². The summed E-state index contributed by atoms with van der Waals surface area (Å²) in [6.45, 7) is 7.41. The molecule has 86 valence electrons. The van der Waals surface area contributed by atoms with Crippen LogP contribution in [0, 0.1) is 6.92 Å². The van der Waals surface area contributed by atoms with Gasteiger partial charge >= 0.3 is 0 Å². The Labute approximate surface area is 95.6 Å². The van der Waals surface area contributed by atoms with Gasteiger partial charge in [-0.3, -0.25) is 0 Å². The van der Waals surface area contributed by atoms with Gasteiger partial charge < -0.3 is 10.4 Å². The molecule has 0 aromatic carbocycles. The molecule has 0 aliphatic heterocycles. The smallest absolute Gasteiger partial charge is 0.113 e. The molecule has 0 radical (unpaired) electrons. The van der Waals surface area contributed by atoms with Crippen molar-refractivity contribution < 1.29 is 5.11 Å². The van der Waals surface area contributed by atoms with Crippen molar-refractivity contribution in [3.8, 4) is 0 Å². The maximum atomic E-state index is 8.76. The minimum Gasteiger partial charge on any atom is -0.396 e. The van der Waals surface area contributed by atoms with E-state index < -0.39 is 0 Å². The highest BCUT2D eigenvalue weighted by atomic mass is 32.1. The third-order valence-electron chi connectivity index (χ3n) is 2.65. The molecule has 2 N–H and O–H groups in total. The van der Waals surface area contributed by atoms with Crippen LogP contribution in [-0.2, 0) is 5.54 Å². The van der Waals surface area contributed by atoms with Crippen molar-refractivity contribution in [2.24, 2.45) is 0 Å². The summed E-state index contributed by atoms with van der Waals surface area (Å²) in [5.74, 6) is 0. The average molecular weight is 228 g/mol. The van der Waals surface area contributed by atoms with Crippen molar-refractivity contribution in [1.29, 1.82) is 0 Å². The van der Waals surface area contributed by atoms with Crippen molar-refractivity contribution in [2.75, 3.05) is 13.2 Å². The molecule has 0 aliphatic carbocycles. The summed E-state index contributed by atoms with van der Waals surface area (Å²) in [4.78, 5) is 4.53. The van der Waals surface area contributed by atoms with Gasteiger partial charge in [0.1, 0.15) is 5.01 Å². The fraction of sp³-hybridized carbons (Fsp3) is 0.727. The van der Waals surface area contributed by atoms with Crippen molar-refractivity contribution in [1.82, 2.24) is 10.3 Å². The summed E-state index contributed by atoms with van der Waals surface area (Å²) in [5, 5.41) is 15.4. The van der Waals surface area contributed by atoms with E-state index in [2.05, 4.69) is 29.5 Å². The molecular weight excluding hydrogens is 208 g/mol. The van der Waals surface area contributed by atoms with E-state index in [4.69, 9.17) is 5.11 Å².